The van der Waals surface area contributed by atoms with Crippen LogP contribution in [0.25, 0.3) is 0 Å². The van der Waals surface area contributed by atoms with Crippen LogP contribution in [0.4, 0.5) is 0 Å². The normalized spacial score (nSPS) is 12.0. The van der Waals surface area contributed by atoms with E-state index in [1.54, 1.807) is 14.2 Å². The number of rotatable bonds is 7. The predicted octanol–water partition coefficient (Wildman–Crippen LogP) is 3.29. The Morgan fingerprint density at radius 2 is 1.82 bits per heavy atom. The van der Waals surface area contributed by atoms with Gasteiger partial charge in [0.1, 0.15) is 11.5 Å². The van der Waals surface area contributed by atoms with E-state index in [2.05, 4.69) is 21.2 Å². The van der Waals surface area contributed by atoms with Crippen LogP contribution in [0.2, 0.25) is 0 Å². The largest absolute Gasteiger partial charge is 0.497 e. The maximum atomic E-state index is 10.2. The molecule has 0 heterocycles. The Kier molecular flexibility index (Phi) is 6.24. The minimum atomic E-state index is -0.544. The van der Waals surface area contributed by atoms with Gasteiger partial charge in [-0.3, -0.25) is 0 Å². The number of ether oxygens (including phenoxy) is 2. The van der Waals surface area contributed by atoms with Crippen molar-refractivity contribution < 1.29 is 14.6 Å². The fourth-order valence-corrected chi connectivity index (χ4v) is 2.41. The summed E-state index contributed by atoms with van der Waals surface area (Å²) in [5, 5.41) is 13.4. The van der Waals surface area contributed by atoms with Gasteiger partial charge in [-0.1, -0.05) is 34.1 Å². The second-order valence-corrected chi connectivity index (χ2v) is 5.79. The van der Waals surface area contributed by atoms with E-state index in [4.69, 9.17) is 9.47 Å². The Labute approximate surface area is 139 Å². The van der Waals surface area contributed by atoms with Gasteiger partial charge in [0.15, 0.2) is 0 Å². The zero-order chi connectivity index (χ0) is 15.9. The van der Waals surface area contributed by atoms with Gasteiger partial charge in [0, 0.05) is 29.2 Å². The summed E-state index contributed by atoms with van der Waals surface area (Å²) in [4.78, 5) is 0. The van der Waals surface area contributed by atoms with Crippen molar-refractivity contribution in [2.45, 2.75) is 12.6 Å². The highest BCUT2D eigenvalue weighted by atomic mass is 79.9. The van der Waals surface area contributed by atoms with E-state index in [0.717, 1.165) is 27.1 Å². The van der Waals surface area contributed by atoms with E-state index in [-0.39, 0.29) is 0 Å². The molecular formula is C17H20BrNO3. The number of methoxy groups -OCH3 is 2. The summed E-state index contributed by atoms with van der Waals surface area (Å²) in [6.07, 6.45) is -0.544. The van der Waals surface area contributed by atoms with Gasteiger partial charge in [0.2, 0.25) is 0 Å². The summed E-state index contributed by atoms with van der Waals surface area (Å²) < 4.78 is 11.5. The topological polar surface area (TPSA) is 50.7 Å². The van der Waals surface area contributed by atoms with Crippen molar-refractivity contribution in [3.63, 3.8) is 0 Å². The van der Waals surface area contributed by atoms with Crippen LogP contribution in [-0.2, 0) is 6.54 Å². The third-order valence-corrected chi connectivity index (χ3v) is 3.93. The van der Waals surface area contributed by atoms with Crippen molar-refractivity contribution in [3.8, 4) is 11.5 Å². The van der Waals surface area contributed by atoms with Crippen molar-refractivity contribution in [1.82, 2.24) is 5.32 Å². The van der Waals surface area contributed by atoms with Crippen LogP contribution < -0.4 is 14.8 Å². The molecule has 0 saturated heterocycles. The van der Waals surface area contributed by atoms with Crippen molar-refractivity contribution in [2.24, 2.45) is 0 Å². The lowest BCUT2D eigenvalue weighted by Crippen LogP contribution is -2.21. The summed E-state index contributed by atoms with van der Waals surface area (Å²) in [6, 6.07) is 13.4. The monoisotopic (exact) mass is 365 g/mol. The summed E-state index contributed by atoms with van der Waals surface area (Å²) in [6.45, 7) is 1.08. The number of hydrogen-bond acceptors (Lipinski definition) is 4. The quantitative estimate of drug-likeness (QED) is 0.790. The van der Waals surface area contributed by atoms with Crippen LogP contribution in [0.5, 0.6) is 11.5 Å². The fraction of sp³-hybridized carbons (Fsp3) is 0.294. The second kappa shape index (κ2) is 8.17. The standard InChI is InChI=1S/C17H20BrNO3/c1-21-15-8-5-13(17(9-15)22-2)10-19-11-16(20)12-3-6-14(18)7-4-12/h3-9,16,19-20H,10-11H2,1-2H3/t16-/m0/s1. The first-order valence-corrected chi connectivity index (χ1v) is 7.78. The highest BCUT2D eigenvalue weighted by molar-refractivity contribution is 9.10. The van der Waals surface area contributed by atoms with Crippen molar-refractivity contribution in [3.05, 3.63) is 58.1 Å². The number of halogens is 1. The molecule has 0 bridgehead atoms. The molecule has 2 rings (SSSR count). The van der Waals surface area contributed by atoms with Gasteiger partial charge in [-0.05, 0) is 23.8 Å². The average Bonchev–Trinajstić information content (AvgIpc) is 2.55. The molecule has 22 heavy (non-hydrogen) atoms. The van der Waals surface area contributed by atoms with Crippen molar-refractivity contribution in [1.29, 1.82) is 0 Å². The Bertz CT molecular complexity index is 601. The summed E-state index contributed by atoms with van der Waals surface area (Å²) in [7, 11) is 3.26. The zero-order valence-electron chi connectivity index (χ0n) is 12.7. The number of aliphatic hydroxyl groups is 1. The molecule has 0 fully saturated rings. The molecule has 0 saturated carbocycles. The number of hydrogen-bond donors (Lipinski definition) is 2. The third-order valence-electron chi connectivity index (χ3n) is 3.40. The maximum absolute atomic E-state index is 10.2. The molecule has 0 spiro atoms. The van der Waals surface area contributed by atoms with Gasteiger partial charge in [-0.2, -0.15) is 0 Å². The molecular weight excluding hydrogens is 346 g/mol. The Hall–Kier alpha value is -1.56. The highest BCUT2D eigenvalue weighted by Crippen LogP contribution is 2.24. The smallest absolute Gasteiger partial charge is 0.127 e. The Balaban J connectivity index is 1.91. The van der Waals surface area contributed by atoms with Crippen LogP contribution in [0.1, 0.15) is 17.2 Å². The van der Waals surface area contributed by atoms with Crippen molar-refractivity contribution in [2.75, 3.05) is 20.8 Å². The Morgan fingerprint density at radius 1 is 1.09 bits per heavy atom. The number of nitrogens with one attached hydrogen (secondary N) is 1. The summed E-state index contributed by atoms with van der Waals surface area (Å²) >= 11 is 3.38. The molecule has 0 unspecified atom stereocenters. The van der Waals surface area contributed by atoms with Crippen LogP contribution in [0.15, 0.2) is 46.9 Å². The molecule has 2 aromatic rings. The van der Waals surface area contributed by atoms with E-state index in [0.29, 0.717) is 13.1 Å². The third kappa shape index (κ3) is 4.47. The lowest BCUT2D eigenvalue weighted by atomic mass is 10.1. The second-order valence-electron chi connectivity index (χ2n) is 4.88. The summed E-state index contributed by atoms with van der Waals surface area (Å²) in [5.41, 5.74) is 1.91. The Morgan fingerprint density at radius 3 is 2.45 bits per heavy atom. The van der Waals surface area contributed by atoms with E-state index in [1.165, 1.54) is 0 Å². The predicted molar refractivity (Wildman–Crippen MR) is 90.4 cm³/mol. The highest BCUT2D eigenvalue weighted by Gasteiger charge is 2.09. The summed E-state index contributed by atoms with van der Waals surface area (Å²) in [5.74, 6) is 1.53. The molecule has 0 aliphatic carbocycles. The van der Waals surface area contributed by atoms with E-state index >= 15 is 0 Å². The molecule has 0 amide bonds. The minimum absolute atomic E-state index is 0.469. The maximum Gasteiger partial charge on any atom is 0.127 e. The number of aliphatic hydroxyl groups excluding tert-OH is 1. The molecule has 0 aliphatic rings. The zero-order valence-corrected chi connectivity index (χ0v) is 14.3. The lowest BCUT2D eigenvalue weighted by molar-refractivity contribution is 0.174. The van der Waals surface area contributed by atoms with E-state index in [1.807, 2.05) is 42.5 Å². The minimum Gasteiger partial charge on any atom is -0.497 e. The lowest BCUT2D eigenvalue weighted by Gasteiger charge is -2.14. The SMILES string of the molecule is COc1ccc(CNC[C@H](O)c2ccc(Br)cc2)c(OC)c1. The van der Waals surface area contributed by atoms with Gasteiger partial charge in [0.05, 0.1) is 20.3 Å². The molecule has 0 aliphatic heterocycles. The van der Waals surface area contributed by atoms with Crippen molar-refractivity contribution >= 4 is 15.9 Å². The number of benzene rings is 2. The first-order valence-electron chi connectivity index (χ1n) is 6.99. The molecule has 2 N–H and O–H groups in total. The van der Waals surface area contributed by atoms with Crippen LogP contribution >= 0.6 is 15.9 Å². The van der Waals surface area contributed by atoms with Gasteiger partial charge in [-0.25, -0.2) is 0 Å². The molecule has 1 atom stereocenters. The van der Waals surface area contributed by atoms with E-state index in [9.17, 15) is 5.11 Å². The van der Waals surface area contributed by atoms with Gasteiger partial charge < -0.3 is 19.9 Å². The first kappa shape index (κ1) is 16.8. The molecule has 2 aromatic carbocycles. The first-order chi connectivity index (χ1) is 10.6. The van der Waals surface area contributed by atoms with Crippen LogP contribution in [0, 0.1) is 0 Å². The van der Waals surface area contributed by atoms with Gasteiger partial charge in [0.25, 0.3) is 0 Å². The molecule has 0 aromatic heterocycles. The molecule has 0 radical (unpaired) electrons. The van der Waals surface area contributed by atoms with Gasteiger partial charge >= 0.3 is 0 Å². The average molecular weight is 366 g/mol. The molecule has 4 nitrogen and oxygen atoms in total. The van der Waals surface area contributed by atoms with E-state index < -0.39 is 6.10 Å². The molecule has 118 valence electrons. The van der Waals surface area contributed by atoms with Gasteiger partial charge in [-0.15, -0.1) is 0 Å². The van der Waals surface area contributed by atoms with Crippen LogP contribution in [0.3, 0.4) is 0 Å². The van der Waals surface area contributed by atoms with Crippen LogP contribution in [-0.4, -0.2) is 25.9 Å². The molecule has 5 heteroatoms. The fourth-order valence-electron chi connectivity index (χ4n) is 2.14.